The van der Waals surface area contributed by atoms with E-state index in [0.29, 0.717) is 11.8 Å². The molecule has 0 amide bonds. The highest BCUT2D eigenvalue weighted by Gasteiger charge is 2.26. The van der Waals surface area contributed by atoms with Crippen LogP contribution in [0.5, 0.6) is 0 Å². The van der Waals surface area contributed by atoms with Gasteiger partial charge in [0.1, 0.15) is 22.4 Å². The van der Waals surface area contributed by atoms with Crippen molar-refractivity contribution in [3.63, 3.8) is 0 Å². The van der Waals surface area contributed by atoms with E-state index in [1.807, 2.05) is 30.3 Å². The third-order valence-corrected chi connectivity index (χ3v) is 4.96. The molecular formula is C20H15F2NO3S. The number of hydrogen-bond acceptors (Lipinski definition) is 4. The first-order chi connectivity index (χ1) is 12.9. The average Bonchev–Trinajstić information content (AvgIpc) is 3.09. The summed E-state index contributed by atoms with van der Waals surface area (Å²) in [6, 6.07) is 12.1. The Labute approximate surface area is 158 Å². The maximum absolute atomic E-state index is 13.9. The number of aromatic nitrogens is 1. The fraction of sp³-hybridized carbons (Fsp3) is 0.150. The Morgan fingerprint density at radius 2 is 1.85 bits per heavy atom. The lowest BCUT2D eigenvalue weighted by Gasteiger charge is -2.12. The largest absolute Gasteiger partial charge is 0.481 e. The molecule has 0 bridgehead atoms. The maximum atomic E-state index is 13.9. The van der Waals surface area contributed by atoms with Gasteiger partial charge in [0.15, 0.2) is 0 Å². The Morgan fingerprint density at radius 1 is 1.11 bits per heavy atom. The zero-order valence-corrected chi connectivity index (χ0v) is 14.9. The van der Waals surface area contributed by atoms with E-state index in [1.54, 1.807) is 5.38 Å². The van der Waals surface area contributed by atoms with Crippen LogP contribution in [0.15, 0.2) is 53.9 Å². The molecule has 1 N–H and O–H groups in total. The zero-order valence-electron chi connectivity index (χ0n) is 14.1. The molecule has 0 aliphatic carbocycles. The van der Waals surface area contributed by atoms with Crippen molar-refractivity contribution in [3.8, 4) is 10.6 Å². The first-order valence-electron chi connectivity index (χ1n) is 8.13. The molecule has 0 aliphatic rings. The minimum atomic E-state index is -1.37. The van der Waals surface area contributed by atoms with E-state index < -0.39 is 29.9 Å². The van der Waals surface area contributed by atoms with Crippen LogP contribution in [0.3, 0.4) is 0 Å². The molecule has 4 nitrogen and oxygen atoms in total. The molecule has 3 aromatic rings. The Kier molecular flexibility index (Phi) is 5.71. The molecule has 27 heavy (non-hydrogen) atoms. The van der Waals surface area contributed by atoms with Crippen LogP contribution in [0.25, 0.3) is 10.6 Å². The van der Waals surface area contributed by atoms with Crippen molar-refractivity contribution in [2.24, 2.45) is 0 Å². The van der Waals surface area contributed by atoms with Gasteiger partial charge >= 0.3 is 5.97 Å². The number of hydrogen-bond donors (Lipinski definition) is 1. The third kappa shape index (κ3) is 4.62. The fourth-order valence-corrected chi connectivity index (χ4v) is 3.54. The van der Waals surface area contributed by atoms with Gasteiger partial charge in [0.05, 0.1) is 11.6 Å². The van der Waals surface area contributed by atoms with Gasteiger partial charge in [0, 0.05) is 35.4 Å². The third-order valence-electron chi connectivity index (χ3n) is 4.02. The highest BCUT2D eigenvalue weighted by molar-refractivity contribution is 7.13. The molecule has 0 aliphatic heterocycles. The van der Waals surface area contributed by atoms with Crippen LogP contribution in [0.1, 0.15) is 23.6 Å². The Morgan fingerprint density at radius 3 is 2.52 bits per heavy atom. The molecule has 1 atom stereocenters. The second kappa shape index (κ2) is 8.18. The first kappa shape index (κ1) is 18.8. The minimum absolute atomic E-state index is 0.0457. The summed E-state index contributed by atoms with van der Waals surface area (Å²) >= 11 is 1.39. The molecule has 0 radical (unpaired) electrons. The van der Waals surface area contributed by atoms with E-state index in [-0.39, 0.29) is 17.8 Å². The quantitative estimate of drug-likeness (QED) is 0.650. The van der Waals surface area contributed by atoms with Crippen molar-refractivity contribution < 1.29 is 23.5 Å². The van der Waals surface area contributed by atoms with E-state index in [9.17, 15) is 23.5 Å². The van der Waals surface area contributed by atoms with E-state index in [0.717, 1.165) is 22.7 Å². The highest BCUT2D eigenvalue weighted by Crippen LogP contribution is 2.26. The van der Waals surface area contributed by atoms with Crippen molar-refractivity contribution in [2.75, 3.05) is 0 Å². The normalized spacial score (nSPS) is 11.9. The second-order valence-electron chi connectivity index (χ2n) is 5.99. The monoisotopic (exact) mass is 387 g/mol. The number of carboxylic acids is 1. The van der Waals surface area contributed by atoms with Crippen molar-refractivity contribution >= 4 is 23.1 Å². The van der Waals surface area contributed by atoms with Gasteiger partial charge in [-0.25, -0.2) is 13.8 Å². The van der Waals surface area contributed by atoms with Crippen LogP contribution < -0.4 is 0 Å². The maximum Gasteiger partial charge on any atom is 0.311 e. The summed E-state index contributed by atoms with van der Waals surface area (Å²) in [6.07, 6.45) is -0.438. The van der Waals surface area contributed by atoms with Gasteiger partial charge in [-0.05, 0) is 6.07 Å². The molecule has 3 rings (SSSR count). The smallest absolute Gasteiger partial charge is 0.311 e. The minimum Gasteiger partial charge on any atom is -0.481 e. The van der Waals surface area contributed by atoms with E-state index in [4.69, 9.17) is 0 Å². The Hall–Kier alpha value is -2.93. The van der Waals surface area contributed by atoms with Gasteiger partial charge in [-0.2, -0.15) is 0 Å². The van der Waals surface area contributed by atoms with Gasteiger partial charge in [0.2, 0.25) is 0 Å². The molecular weight excluding hydrogens is 372 g/mol. The lowest BCUT2D eigenvalue weighted by molar-refractivity contribution is -0.140. The SMILES string of the molecule is O=C(Cc1csc(-c2ccccc2)n1)CC(C(=O)O)c1ccc(F)cc1F. The number of thiazole rings is 1. The summed E-state index contributed by atoms with van der Waals surface area (Å²) in [5.74, 6) is -4.86. The molecule has 138 valence electrons. The van der Waals surface area contributed by atoms with Crippen molar-refractivity contribution in [1.29, 1.82) is 0 Å². The summed E-state index contributed by atoms with van der Waals surface area (Å²) in [5.41, 5.74) is 1.26. The van der Waals surface area contributed by atoms with Crippen LogP contribution in [0.2, 0.25) is 0 Å². The van der Waals surface area contributed by atoms with E-state index >= 15 is 0 Å². The van der Waals surface area contributed by atoms with Gasteiger partial charge in [-0.3, -0.25) is 9.59 Å². The van der Waals surface area contributed by atoms with Crippen LogP contribution in [-0.4, -0.2) is 21.8 Å². The summed E-state index contributed by atoms with van der Waals surface area (Å²) in [6.45, 7) is 0. The number of carboxylic acid groups (broad SMARTS) is 1. The molecule has 7 heteroatoms. The molecule has 0 spiro atoms. The lowest BCUT2D eigenvalue weighted by atomic mass is 9.92. The number of rotatable bonds is 7. The topological polar surface area (TPSA) is 67.3 Å². The van der Waals surface area contributed by atoms with Crippen LogP contribution in [0.4, 0.5) is 8.78 Å². The molecule has 2 aromatic carbocycles. The number of Topliss-reactive ketones (excluding diaryl/α,β-unsaturated/α-hetero) is 1. The van der Waals surface area contributed by atoms with E-state index in [1.165, 1.54) is 11.3 Å². The summed E-state index contributed by atoms with van der Waals surface area (Å²) < 4.78 is 26.9. The predicted octanol–water partition coefficient (Wildman–Crippen LogP) is 4.46. The van der Waals surface area contributed by atoms with Gasteiger partial charge in [-0.1, -0.05) is 36.4 Å². The van der Waals surface area contributed by atoms with Crippen LogP contribution in [-0.2, 0) is 16.0 Å². The molecule has 1 unspecified atom stereocenters. The summed E-state index contributed by atoms with van der Waals surface area (Å²) in [7, 11) is 0. The summed E-state index contributed by atoms with van der Waals surface area (Å²) in [4.78, 5) is 28.2. The second-order valence-corrected chi connectivity index (χ2v) is 6.84. The van der Waals surface area contributed by atoms with Crippen molar-refractivity contribution in [3.05, 3.63) is 76.8 Å². The standard InChI is InChI=1S/C20H15F2NO3S/c21-13-6-7-16(18(22)8-13)17(20(25)26)10-15(24)9-14-11-27-19(23-14)12-4-2-1-3-5-12/h1-8,11,17H,9-10H2,(H,25,26). The zero-order chi connectivity index (χ0) is 19.4. The fourth-order valence-electron chi connectivity index (χ4n) is 2.72. The molecule has 1 aromatic heterocycles. The number of nitrogens with zero attached hydrogens (tertiary/aromatic N) is 1. The number of ketones is 1. The number of carbonyl (C=O) groups is 2. The molecule has 0 saturated carbocycles. The number of halogens is 2. The average molecular weight is 387 g/mol. The van der Waals surface area contributed by atoms with Crippen LogP contribution in [0, 0.1) is 11.6 Å². The van der Waals surface area contributed by atoms with E-state index in [2.05, 4.69) is 4.98 Å². The van der Waals surface area contributed by atoms with Crippen molar-refractivity contribution in [2.45, 2.75) is 18.8 Å². The number of carbonyl (C=O) groups excluding carboxylic acids is 1. The number of aliphatic carboxylic acids is 1. The Bertz CT molecular complexity index is 972. The molecule has 1 heterocycles. The van der Waals surface area contributed by atoms with Gasteiger partial charge < -0.3 is 5.11 Å². The Balaban J connectivity index is 1.72. The lowest BCUT2D eigenvalue weighted by Crippen LogP contribution is -2.18. The summed E-state index contributed by atoms with van der Waals surface area (Å²) in [5, 5.41) is 11.9. The van der Waals surface area contributed by atoms with Crippen molar-refractivity contribution in [1.82, 2.24) is 4.98 Å². The predicted molar refractivity (Wildman–Crippen MR) is 97.6 cm³/mol. The highest BCUT2D eigenvalue weighted by atomic mass is 32.1. The van der Waals surface area contributed by atoms with Crippen LogP contribution >= 0.6 is 11.3 Å². The molecule has 0 fully saturated rings. The van der Waals surface area contributed by atoms with Gasteiger partial charge in [-0.15, -0.1) is 11.3 Å². The number of benzene rings is 2. The first-order valence-corrected chi connectivity index (χ1v) is 9.01. The van der Waals surface area contributed by atoms with Gasteiger partial charge in [0.25, 0.3) is 0 Å². The molecule has 0 saturated heterocycles.